The van der Waals surface area contributed by atoms with Crippen LogP contribution in [0.15, 0.2) is 0 Å². The molecule has 0 aliphatic carbocycles. The van der Waals surface area contributed by atoms with Crippen molar-refractivity contribution in [1.82, 2.24) is 4.90 Å². The Morgan fingerprint density at radius 3 is 2.75 bits per heavy atom. The van der Waals surface area contributed by atoms with Gasteiger partial charge in [-0.15, -0.1) is 0 Å². The van der Waals surface area contributed by atoms with Crippen molar-refractivity contribution >= 4 is 0 Å². The average Bonchev–Trinajstić information content (AvgIpc) is 2.58. The van der Waals surface area contributed by atoms with E-state index in [4.69, 9.17) is 9.47 Å². The summed E-state index contributed by atoms with van der Waals surface area (Å²) in [6.45, 7) is 8.73. The first kappa shape index (κ1) is 13.9. The van der Waals surface area contributed by atoms with Crippen molar-refractivity contribution < 1.29 is 14.6 Å². The fourth-order valence-corrected chi connectivity index (χ4v) is 2.13. The first-order valence-corrected chi connectivity index (χ1v) is 6.02. The minimum atomic E-state index is -0.591. The Hall–Kier alpha value is -0.160. The van der Waals surface area contributed by atoms with Crippen LogP contribution in [0, 0.1) is 5.92 Å². The van der Waals surface area contributed by atoms with Crippen molar-refractivity contribution in [2.75, 3.05) is 46.6 Å². The number of methoxy groups -OCH3 is 1. The van der Waals surface area contributed by atoms with Gasteiger partial charge in [-0.2, -0.15) is 0 Å². The Balaban J connectivity index is 2.10. The molecular formula is C12H25NO3. The third-order valence-electron chi connectivity index (χ3n) is 2.77. The summed E-state index contributed by atoms with van der Waals surface area (Å²) in [4.78, 5) is 2.31. The number of β-amino-alcohol motifs (C(OH)–C–C–N with tert-alkyl or cyclic N) is 1. The first-order valence-electron chi connectivity index (χ1n) is 6.02. The molecule has 0 radical (unpaired) electrons. The third kappa shape index (κ3) is 5.80. The largest absolute Gasteiger partial charge is 0.389 e. The average molecular weight is 231 g/mol. The third-order valence-corrected chi connectivity index (χ3v) is 2.77. The van der Waals surface area contributed by atoms with Crippen LogP contribution >= 0.6 is 0 Å². The Kier molecular flexibility index (Phi) is 5.69. The molecule has 1 N–H and O–H groups in total. The van der Waals surface area contributed by atoms with E-state index in [1.54, 1.807) is 7.11 Å². The molecule has 0 spiro atoms. The minimum absolute atomic E-state index is 0.591. The summed E-state index contributed by atoms with van der Waals surface area (Å²) < 4.78 is 10.4. The van der Waals surface area contributed by atoms with Crippen molar-refractivity contribution in [3.63, 3.8) is 0 Å². The molecule has 1 rings (SSSR count). The molecule has 0 aromatic heterocycles. The van der Waals surface area contributed by atoms with Gasteiger partial charge in [-0.25, -0.2) is 0 Å². The molecule has 1 heterocycles. The summed E-state index contributed by atoms with van der Waals surface area (Å²) in [5.74, 6) is 0.610. The summed E-state index contributed by atoms with van der Waals surface area (Å²) in [6, 6.07) is 0. The molecule has 0 amide bonds. The lowest BCUT2D eigenvalue weighted by molar-refractivity contribution is 0.0350. The molecule has 0 aromatic rings. The Bertz CT molecular complexity index is 191. The van der Waals surface area contributed by atoms with E-state index in [0.717, 1.165) is 26.2 Å². The molecule has 0 unspecified atom stereocenters. The Morgan fingerprint density at radius 2 is 2.12 bits per heavy atom. The zero-order valence-electron chi connectivity index (χ0n) is 10.7. The number of nitrogens with zero attached hydrogens (tertiary/aromatic N) is 1. The van der Waals surface area contributed by atoms with E-state index in [2.05, 4.69) is 4.90 Å². The molecule has 0 saturated carbocycles. The Labute approximate surface area is 98.5 Å². The van der Waals surface area contributed by atoms with E-state index >= 15 is 0 Å². The van der Waals surface area contributed by atoms with E-state index in [-0.39, 0.29) is 0 Å². The highest BCUT2D eigenvalue weighted by Gasteiger charge is 2.26. The minimum Gasteiger partial charge on any atom is -0.389 e. The van der Waals surface area contributed by atoms with E-state index in [0.29, 0.717) is 19.1 Å². The summed E-state index contributed by atoms with van der Waals surface area (Å²) in [5, 5.41) is 9.72. The molecule has 16 heavy (non-hydrogen) atoms. The summed E-state index contributed by atoms with van der Waals surface area (Å²) in [6.07, 6.45) is 1.17. The van der Waals surface area contributed by atoms with Gasteiger partial charge < -0.3 is 19.5 Å². The predicted molar refractivity (Wildman–Crippen MR) is 63.5 cm³/mol. The lowest BCUT2D eigenvalue weighted by atomic mass is 10.1. The van der Waals surface area contributed by atoms with Gasteiger partial charge in [0.1, 0.15) is 0 Å². The van der Waals surface area contributed by atoms with Gasteiger partial charge in [0.25, 0.3) is 0 Å². The molecule has 1 fully saturated rings. The topological polar surface area (TPSA) is 41.9 Å². The van der Waals surface area contributed by atoms with Crippen molar-refractivity contribution in [1.29, 1.82) is 0 Å². The quantitative estimate of drug-likeness (QED) is 0.656. The van der Waals surface area contributed by atoms with Crippen LogP contribution in [-0.4, -0.2) is 62.2 Å². The number of hydrogen-bond donors (Lipinski definition) is 1. The van der Waals surface area contributed by atoms with Gasteiger partial charge in [0.2, 0.25) is 0 Å². The second-order valence-corrected chi connectivity index (χ2v) is 5.27. The van der Waals surface area contributed by atoms with Crippen LogP contribution in [0.5, 0.6) is 0 Å². The number of rotatable bonds is 7. The fourth-order valence-electron chi connectivity index (χ4n) is 2.13. The number of aliphatic hydroxyl groups is 1. The molecule has 4 heteroatoms. The number of ether oxygens (including phenoxy) is 2. The van der Waals surface area contributed by atoms with Crippen LogP contribution in [0.4, 0.5) is 0 Å². The van der Waals surface area contributed by atoms with Crippen LogP contribution in [0.25, 0.3) is 0 Å². The maximum Gasteiger partial charge on any atom is 0.0718 e. The molecule has 96 valence electrons. The summed E-state index contributed by atoms with van der Waals surface area (Å²) >= 11 is 0. The normalized spacial score (nSPS) is 22.9. The summed E-state index contributed by atoms with van der Waals surface area (Å²) in [5.41, 5.74) is -0.591. The predicted octanol–water partition coefficient (Wildman–Crippen LogP) is 0.742. The molecule has 1 saturated heterocycles. The van der Waals surface area contributed by atoms with Gasteiger partial charge in [-0.05, 0) is 32.7 Å². The zero-order chi connectivity index (χ0) is 12.0. The highest BCUT2D eigenvalue weighted by Crippen LogP contribution is 2.18. The zero-order valence-corrected chi connectivity index (χ0v) is 10.7. The number of likely N-dealkylation sites (tertiary alicyclic amines) is 1. The van der Waals surface area contributed by atoms with Crippen molar-refractivity contribution in [2.45, 2.75) is 25.9 Å². The van der Waals surface area contributed by atoms with E-state index in [1.165, 1.54) is 6.42 Å². The highest BCUT2D eigenvalue weighted by atomic mass is 16.5. The monoisotopic (exact) mass is 231 g/mol. The van der Waals surface area contributed by atoms with Crippen molar-refractivity contribution in [3.8, 4) is 0 Å². The van der Waals surface area contributed by atoms with Crippen LogP contribution in [0.3, 0.4) is 0 Å². The second kappa shape index (κ2) is 6.55. The lowest BCUT2D eigenvalue weighted by Crippen LogP contribution is -2.37. The number of hydrogen-bond acceptors (Lipinski definition) is 4. The van der Waals surface area contributed by atoms with Gasteiger partial charge in [0, 0.05) is 20.2 Å². The summed E-state index contributed by atoms with van der Waals surface area (Å²) in [7, 11) is 1.68. The molecule has 1 aliphatic heterocycles. The smallest absolute Gasteiger partial charge is 0.0718 e. The molecular weight excluding hydrogens is 206 g/mol. The van der Waals surface area contributed by atoms with Crippen LogP contribution in [0.2, 0.25) is 0 Å². The van der Waals surface area contributed by atoms with Crippen LogP contribution in [0.1, 0.15) is 20.3 Å². The van der Waals surface area contributed by atoms with Crippen LogP contribution in [-0.2, 0) is 9.47 Å². The van der Waals surface area contributed by atoms with Gasteiger partial charge in [0.05, 0.1) is 25.4 Å². The van der Waals surface area contributed by atoms with E-state index in [9.17, 15) is 5.11 Å². The Morgan fingerprint density at radius 1 is 1.38 bits per heavy atom. The molecule has 1 aliphatic rings. The fraction of sp³-hybridized carbons (Fsp3) is 1.00. The second-order valence-electron chi connectivity index (χ2n) is 5.27. The first-order chi connectivity index (χ1) is 7.51. The van der Waals surface area contributed by atoms with Crippen molar-refractivity contribution in [3.05, 3.63) is 0 Å². The molecule has 0 bridgehead atoms. The van der Waals surface area contributed by atoms with E-state index in [1.807, 2.05) is 13.8 Å². The van der Waals surface area contributed by atoms with Gasteiger partial charge >= 0.3 is 0 Å². The standard InChI is InChI=1S/C12H25NO3/c1-12(2,14)10-13-5-4-11(8-13)9-16-7-6-15-3/h11,14H,4-10H2,1-3H3/t11-/m0/s1. The maximum absolute atomic E-state index is 9.72. The van der Waals surface area contributed by atoms with Gasteiger partial charge in [0.15, 0.2) is 0 Å². The van der Waals surface area contributed by atoms with Gasteiger partial charge in [-0.1, -0.05) is 0 Å². The molecule has 4 nitrogen and oxygen atoms in total. The SMILES string of the molecule is COCCOC[C@H]1CCN(CC(C)(C)O)C1. The van der Waals surface area contributed by atoms with E-state index < -0.39 is 5.60 Å². The van der Waals surface area contributed by atoms with Gasteiger partial charge in [-0.3, -0.25) is 0 Å². The van der Waals surface area contributed by atoms with Crippen molar-refractivity contribution in [2.24, 2.45) is 5.92 Å². The maximum atomic E-state index is 9.72. The highest BCUT2D eigenvalue weighted by molar-refractivity contribution is 4.80. The molecule has 0 aromatic carbocycles. The van der Waals surface area contributed by atoms with Crippen LogP contribution < -0.4 is 0 Å². The molecule has 1 atom stereocenters. The lowest BCUT2D eigenvalue weighted by Gasteiger charge is -2.25.